The summed E-state index contributed by atoms with van der Waals surface area (Å²) in [5.41, 5.74) is 1.33. The monoisotopic (exact) mass is 549 g/mol. The number of hydrogen-bond donors (Lipinski definition) is 1. The SMILES string of the molecule is C=CC(=O)N1CCC(Oc2cc3c(Nc4ccc(Oc5ccc(F)cn5)c(Cl)c4)ncnc3cc2OC)CC1. The Balaban J connectivity index is 1.35. The number of nitrogens with zero attached hydrogens (tertiary/aromatic N) is 4. The van der Waals surface area contributed by atoms with E-state index in [1.165, 1.54) is 24.5 Å². The molecule has 0 unspecified atom stereocenters. The summed E-state index contributed by atoms with van der Waals surface area (Å²) in [6.45, 7) is 4.75. The number of nitrogens with one attached hydrogen (secondary N) is 1. The number of fused-ring (bicyclic) bond motifs is 1. The van der Waals surface area contributed by atoms with Crippen molar-refractivity contribution in [3.8, 4) is 23.1 Å². The second kappa shape index (κ2) is 11.5. The topological polar surface area (TPSA) is 98.7 Å². The van der Waals surface area contributed by atoms with Crippen molar-refractivity contribution in [3.05, 3.63) is 78.5 Å². The number of anilines is 2. The van der Waals surface area contributed by atoms with Gasteiger partial charge in [0.2, 0.25) is 11.8 Å². The highest BCUT2D eigenvalue weighted by Crippen LogP contribution is 2.37. The molecular formula is C28H25ClFN5O4. The molecule has 2 aromatic carbocycles. The fourth-order valence-corrected chi connectivity index (χ4v) is 4.47. The highest BCUT2D eigenvalue weighted by Gasteiger charge is 2.24. The third kappa shape index (κ3) is 6.01. The van der Waals surface area contributed by atoms with Crippen LogP contribution in [0.3, 0.4) is 0 Å². The number of ether oxygens (including phenoxy) is 3. The highest BCUT2D eigenvalue weighted by molar-refractivity contribution is 6.32. The van der Waals surface area contributed by atoms with Crippen molar-refractivity contribution in [3.63, 3.8) is 0 Å². The fraction of sp³-hybridized carbons (Fsp3) is 0.214. The molecule has 5 rings (SSSR count). The van der Waals surface area contributed by atoms with Crippen LogP contribution in [0.4, 0.5) is 15.9 Å². The summed E-state index contributed by atoms with van der Waals surface area (Å²) in [7, 11) is 1.58. The number of halogens is 2. The Morgan fingerprint density at radius 1 is 1.10 bits per heavy atom. The minimum absolute atomic E-state index is 0.0728. The lowest BCUT2D eigenvalue weighted by atomic mass is 10.1. The van der Waals surface area contributed by atoms with Crippen molar-refractivity contribution < 1.29 is 23.4 Å². The molecule has 1 saturated heterocycles. The van der Waals surface area contributed by atoms with E-state index in [1.807, 2.05) is 6.07 Å². The molecule has 0 bridgehead atoms. The van der Waals surface area contributed by atoms with Gasteiger partial charge < -0.3 is 24.4 Å². The van der Waals surface area contributed by atoms with Gasteiger partial charge in [0.05, 0.1) is 23.8 Å². The van der Waals surface area contributed by atoms with Crippen molar-refractivity contribution in [1.29, 1.82) is 0 Å². The molecule has 0 radical (unpaired) electrons. The molecule has 1 aliphatic heterocycles. The van der Waals surface area contributed by atoms with Crippen LogP contribution >= 0.6 is 11.6 Å². The summed E-state index contributed by atoms with van der Waals surface area (Å²) in [6.07, 6.45) is 5.16. The van der Waals surface area contributed by atoms with Gasteiger partial charge in [-0.25, -0.2) is 19.3 Å². The van der Waals surface area contributed by atoms with Crippen LogP contribution in [0.2, 0.25) is 5.02 Å². The first-order valence-corrected chi connectivity index (χ1v) is 12.6. The maximum atomic E-state index is 13.1. The first-order valence-electron chi connectivity index (χ1n) is 12.2. The Morgan fingerprint density at radius 3 is 2.62 bits per heavy atom. The van der Waals surface area contributed by atoms with Crippen LogP contribution in [0, 0.1) is 5.82 Å². The van der Waals surface area contributed by atoms with Crippen molar-refractivity contribution in [2.24, 2.45) is 0 Å². The lowest BCUT2D eigenvalue weighted by Crippen LogP contribution is -2.41. The molecule has 3 heterocycles. The van der Waals surface area contributed by atoms with E-state index in [2.05, 4.69) is 26.8 Å². The summed E-state index contributed by atoms with van der Waals surface area (Å²) < 4.78 is 30.7. The molecule has 2 aromatic heterocycles. The summed E-state index contributed by atoms with van der Waals surface area (Å²) in [5, 5.41) is 4.32. The molecule has 1 fully saturated rings. The standard InChI is InChI=1S/C28H25ClFN5O4/c1-3-27(36)35-10-8-19(9-11-35)38-25-13-20-22(14-24(25)37-2)32-16-33-28(20)34-18-5-6-23(21(29)12-18)39-26-7-4-17(30)15-31-26/h3-7,12-16,19H,1,8-11H2,2H3,(H,32,33,34). The predicted octanol–water partition coefficient (Wildman–Crippen LogP) is 5.92. The minimum atomic E-state index is -0.457. The number of piperidine rings is 1. The van der Waals surface area contributed by atoms with Crippen LogP contribution < -0.4 is 19.5 Å². The Bertz CT molecular complexity index is 1510. The smallest absolute Gasteiger partial charge is 0.245 e. The normalized spacial score (nSPS) is 13.7. The third-order valence-electron chi connectivity index (χ3n) is 6.25. The van der Waals surface area contributed by atoms with E-state index in [9.17, 15) is 9.18 Å². The highest BCUT2D eigenvalue weighted by atomic mass is 35.5. The Hall–Kier alpha value is -4.44. The minimum Gasteiger partial charge on any atom is -0.493 e. The zero-order valence-electron chi connectivity index (χ0n) is 21.1. The Kier molecular flexibility index (Phi) is 7.74. The van der Waals surface area contributed by atoms with E-state index < -0.39 is 5.82 Å². The zero-order chi connectivity index (χ0) is 27.4. The summed E-state index contributed by atoms with van der Waals surface area (Å²) in [4.78, 5) is 26.3. The van der Waals surface area contributed by atoms with E-state index in [-0.39, 0.29) is 17.9 Å². The molecule has 0 atom stereocenters. The molecule has 39 heavy (non-hydrogen) atoms. The molecule has 4 aromatic rings. The lowest BCUT2D eigenvalue weighted by Gasteiger charge is -2.31. The molecule has 1 aliphatic rings. The molecule has 1 N–H and O–H groups in total. The van der Waals surface area contributed by atoms with Gasteiger partial charge in [0.15, 0.2) is 11.5 Å². The number of likely N-dealkylation sites (tertiary alicyclic amines) is 1. The molecule has 11 heteroatoms. The van der Waals surface area contributed by atoms with Gasteiger partial charge >= 0.3 is 0 Å². The second-order valence-corrected chi connectivity index (χ2v) is 9.18. The summed E-state index contributed by atoms with van der Waals surface area (Å²) >= 11 is 6.44. The number of methoxy groups -OCH3 is 1. The van der Waals surface area contributed by atoms with E-state index >= 15 is 0 Å². The van der Waals surface area contributed by atoms with Gasteiger partial charge in [0, 0.05) is 49.1 Å². The number of pyridine rings is 1. The number of carbonyl (C=O) groups excluding carboxylic acids is 1. The molecule has 200 valence electrons. The van der Waals surface area contributed by atoms with Crippen LogP contribution in [0.5, 0.6) is 23.1 Å². The van der Waals surface area contributed by atoms with Gasteiger partial charge in [-0.3, -0.25) is 4.79 Å². The largest absolute Gasteiger partial charge is 0.493 e. The maximum Gasteiger partial charge on any atom is 0.245 e. The van der Waals surface area contributed by atoms with Gasteiger partial charge in [-0.05, 0) is 36.4 Å². The van der Waals surface area contributed by atoms with Crippen molar-refractivity contribution in [2.45, 2.75) is 18.9 Å². The average Bonchev–Trinajstić information content (AvgIpc) is 2.95. The molecule has 1 amide bonds. The van der Waals surface area contributed by atoms with E-state index in [0.29, 0.717) is 65.2 Å². The Labute approximate surface area is 229 Å². The van der Waals surface area contributed by atoms with Gasteiger partial charge in [-0.15, -0.1) is 0 Å². The Morgan fingerprint density at radius 2 is 1.92 bits per heavy atom. The first kappa shape index (κ1) is 26.2. The number of rotatable bonds is 8. The number of benzene rings is 2. The number of aromatic nitrogens is 3. The molecule has 9 nitrogen and oxygen atoms in total. The second-order valence-electron chi connectivity index (χ2n) is 8.78. The van der Waals surface area contributed by atoms with Crippen LogP contribution in [0.25, 0.3) is 10.9 Å². The van der Waals surface area contributed by atoms with Crippen LogP contribution in [0.1, 0.15) is 12.8 Å². The van der Waals surface area contributed by atoms with Crippen molar-refractivity contribution in [1.82, 2.24) is 19.9 Å². The predicted molar refractivity (Wildman–Crippen MR) is 146 cm³/mol. The van der Waals surface area contributed by atoms with Gasteiger partial charge in [0.25, 0.3) is 0 Å². The number of hydrogen-bond acceptors (Lipinski definition) is 8. The fourth-order valence-electron chi connectivity index (χ4n) is 4.25. The summed E-state index contributed by atoms with van der Waals surface area (Å²) in [6, 6.07) is 11.5. The quantitative estimate of drug-likeness (QED) is 0.271. The van der Waals surface area contributed by atoms with Crippen LogP contribution in [0.15, 0.2) is 67.6 Å². The van der Waals surface area contributed by atoms with E-state index in [1.54, 1.807) is 36.3 Å². The maximum absolute atomic E-state index is 13.1. The molecular weight excluding hydrogens is 525 g/mol. The van der Waals surface area contributed by atoms with Gasteiger partial charge in [-0.1, -0.05) is 18.2 Å². The molecule has 0 aliphatic carbocycles. The number of carbonyl (C=O) groups is 1. The van der Waals surface area contributed by atoms with Gasteiger partial charge in [-0.2, -0.15) is 0 Å². The van der Waals surface area contributed by atoms with E-state index in [0.717, 1.165) is 11.6 Å². The van der Waals surface area contributed by atoms with E-state index in [4.69, 9.17) is 25.8 Å². The third-order valence-corrected chi connectivity index (χ3v) is 6.55. The molecule has 0 spiro atoms. The van der Waals surface area contributed by atoms with Crippen molar-refractivity contribution >= 4 is 39.9 Å². The zero-order valence-corrected chi connectivity index (χ0v) is 21.8. The number of amides is 1. The van der Waals surface area contributed by atoms with Gasteiger partial charge in [0.1, 0.15) is 29.8 Å². The first-order chi connectivity index (χ1) is 18.9. The average molecular weight is 550 g/mol. The van der Waals surface area contributed by atoms with Crippen LogP contribution in [-0.4, -0.2) is 52.1 Å². The summed E-state index contributed by atoms with van der Waals surface area (Å²) in [5.74, 6) is 1.72. The lowest BCUT2D eigenvalue weighted by molar-refractivity contribution is -0.127. The molecule has 0 saturated carbocycles. The van der Waals surface area contributed by atoms with Crippen molar-refractivity contribution in [2.75, 3.05) is 25.5 Å². The van der Waals surface area contributed by atoms with Crippen LogP contribution in [-0.2, 0) is 4.79 Å².